The molecule has 0 saturated carbocycles. The average Bonchev–Trinajstić information content (AvgIpc) is 2.55. The van der Waals surface area contributed by atoms with E-state index < -0.39 is 0 Å². The highest BCUT2D eigenvalue weighted by molar-refractivity contribution is 6.30. The zero-order chi connectivity index (χ0) is 16.4. The predicted molar refractivity (Wildman–Crippen MR) is 87.8 cm³/mol. The summed E-state index contributed by atoms with van der Waals surface area (Å²) in [7, 11) is 1.71. The lowest BCUT2D eigenvalue weighted by Gasteiger charge is -2.22. The van der Waals surface area contributed by atoms with Gasteiger partial charge in [0, 0.05) is 24.2 Å². The molecule has 0 bridgehead atoms. The highest BCUT2D eigenvalue weighted by atomic mass is 35.5. The van der Waals surface area contributed by atoms with Gasteiger partial charge in [0.1, 0.15) is 18.2 Å². The van der Waals surface area contributed by atoms with E-state index in [1.54, 1.807) is 48.4 Å². The third kappa shape index (κ3) is 3.54. The molecule has 0 fully saturated rings. The van der Waals surface area contributed by atoms with Crippen LogP contribution in [0.1, 0.15) is 11.1 Å². The molecule has 3 rings (SSSR count). The van der Waals surface area contributed by atoms with Crippen molar-refractivity contribution in [2.24, 2.45) is 0 Å². The SMILES string of the molecule is CN(Cc1ccc(F)cc1)C(=O)C1=Cc2cc(Cl)ccc2OC1. The summed E-state index contributed by atoms with van der Waals surface area (Å²) in [5.74, 6) is 0.298. The molecule has 0 unspecified atom stereocenters. The molecule has 2 aromatic carbocycles. The van der Waals surface area contributed by atoms with Crippen molar-refractivity contribution in [3.8, 4) is 5.75 Å². The third-order valence-corrected chi connectivity index (χ3v) is 3.87. The van der Waals surface area contributed by atoms with Crippen LogP contribution in [0.25, 0.3) is 6.08 Å². The first-order chi connectivity index (χ1) is 11.0. The summed E-state index contributed by atoms with van der Waals surface area (Å²) >= 11 is 5.98. The first-order valence-electron chi connectivity index (χ1n) is 7.16. The van der Waals surface area contributed by atoms with Crippen LogP contribution >= 0.6 is 11.6 Å². The molecule has 1 aliphatic rings. The number of hydrogen-bond donors (Lipinski definition) is 0. The Morgan fingerprint density at radius 2 is 2.00 bits per heavy atom. The van der Waals surface area contributed by atoms with Gasteiger partial charge in [0.25, 0.3) is 5.91 Å². The van der Waals surface area contributed by atoms with Gasteiger partial charge in [-0.2, -0.15) is 0 Å². The number of benzene rings is 2. The number of carbonyl (C=O) groups excluding carboxylic acids is 1. The molecule has 0 spiro atoms. The van der Waals surface area contributed by atoms with Gasteiger partial charge < -0.3 is 9.64 Å². The van der Waals surface area contributed by atoms with E-state index in [0.29, 0.717) is 22.9 Å². The second-order valence-corrected chi connectivity index (χ2v) is 5.86. The van der Waals surface area contributed by atoms with Crippen molar-refractivity contribution >= 4 is 23.6 Å². The van der Waals surface area contributed by atoms with E-state index in [4.69, 9.17) is 16.3 Å². The van der Waals surface area contributed by atoms with Gasteiger partial charge in [-0.25, -0.2) is 4.39 Å². The van der Waals surface area contributed by atoms with Crippen LogP contribution < -0.4 is 4.74 Å². The van der Waals surface area contributed by atoms with E-state index in [2.05, 4.69) is 0 Å². The van der Waals surface area contributed by atoms with Crippen LogP contribution in [0.15, 0.2) is 48.0 Å². The van der Waals surface area contributed by atoms with Crippen molar-refractivity contribution in [3.63, 3.8) is 0 Å². The number of hydrogen-bond acceptors (Lipinski definition) is 2. The number of halogens is 2. The van der Waals surface area contributed by atoms with Crippen LogP contribution in [0, 0.1) is 5.82 Å². The molecule has 23 heavy (non-hydrogen) atoms. The van der Waals surface area contributed by atoms with E-state index in [-0.39, 0.29) is 18.3 Å². The molecule has 1 amide bonds. The molecule has 0 aromatic heterocycles. The molecule has 0 aliphatic carbocycles. The fourth-order valence-corrected chi connectivity index (χ4v) is 2.63. The van der Waals surface area contributed by atoms with Crippen LogP contribution in [0.3, 0.4) is 0 Å². The highest BCUT2D eigenvalue weighted by Crippen LogP contribution is 2.29. The lowest BCUT2D eigenvalue weighted by Crippen LogP contribution is -2.30. The van der Waals surface area contributed by atoms with Gasteiger partial charge >= 0.3 is 0 Å². The maximum Gasteiger partial charge on any atom is 0.253 e. The largest absolute Gasteiger partial charge is 0.488 e. The Hall–Kier alpha value is -2.33. The summed E-state index contributed by atoms with van der Waals surface area (Å²) in [4.78, 5) is 14.1. The second kappa shape index (κ2) is 6.42. The first-order valence-corrected chi connectivity index (χ1v) is 7.53. The van der Waals surface area contributed by atoms with Crippen molar-refractivity contribution in [2.75, 3.05) is 13.7 Å². The minimum absolute atomic E-state index is 0.125. The summed E-state index contributed by atoms with van der Waals surface area (Å²) in [5, 5.41) is 0.594. The summed E-state index contributed by atoms with van der Waals surface area (Å²) in [6.07, 6.45) is 1.80. The molecular formula is C18H15ClFNO2. The fourth-order valence-electron chi connectivity index (χ4n) is 2.45. The molecule has 0 N–H and O–H groups in total. The standard InChI is InChI=1S/C18H15ClFNO2/c1-21(10-12-2-5-16(20)6-3-12)18(22)14-8-13-9-15(19)4-7-17(13)23-11-14/h2-9H,10-11H2,1H3. The van der Waals surface area contributed by atoms with E-state index in [9.17, 15) is 9.18 Å². The number of rotatable bonds is 3. The van der Waals surface area contributed by atoms with Gasteiger partial charge in [-0.05, 0) is 42.0 Å². The number of ether oxygens (including phenoxy) is 1. The molecule has 1 heterocycles. The zero-order valence-electron chi connectivity index (χ0n) is 12.6. The van der Waals surface area contributed by atoms with Gasteiger partial charge in [-0.15, -0.1) is 0 Å². The zero-order valence-corrected chi connectivity index (χ0v) is 13.3. The minimum Gasteiger partial charge on any atom is -0.488 e. The van der Waals surface area contributed by atoms with E-state index in [1.807, 2.05) is 0 Å². The topological polar surface area (TPSA) is 29.5 Å². The smallest absolute Gasteiger partial charge is 0.253 e. The maximum atomic E-state index is 12.9. The van der Waals surface area contributed by atoms with E-state index in [1.165, 1.54) is 12.1 Å². The second-order valence-electron chi connectivity index (χ2n) is 5.43. The van der Waals surface area contributed by atoms with Crippen molar-refractivity contribution in [1.82, 2.24) is 4.90 Å². The molecular weight excluding hydrogens is 317 g/mol. The average molecular weight is 332 g/mol. The van der Waals surface area contributed by atoms with Crippen molar-refractivity contribution in [1.29, 1.82) is 0 Å². The number of nitrogens with zero attached hydrogens (tertiary/aromatic N) is 1. The van der Waals surface area contributed by atoms with Crippen molar-refractivity contribution in [3.05, 3.63) is 70.0 Å². The van der Waals surface area contributed by atoms with Crippen LogP contribution in [0.4, 0.5) is 4.39 Å². The first kappa shape index (κ1) is 15.6. The summed E-state index contributed by atoms with van der Waals surface area (Å²) in [6, 6.07) is 11.4. The number of fused-ring (bicyclic) bond motifs is 1. The molecule has 3 nitrogen and oxygen atoms in total. The monoisotopic (exact) mass is 331 g/mol. The fraction of sp³-hybridized carbons (Fsp3) is 0.167. The van der Waals surface area contributed by atoms with Crippen molar-refractivity contribution in [2.45, 2.75) is 6.54 Å². The lowest BCUT2D eigenvalue weighted by atomic mass is 10.1. The number of likely N-dealkylation sites (N-methyl/N-ethyl adjacent to an activating group) is 1. The molecule has 118 valence electrons. The molecule has 1 aliphatic heterocycles. The Balaban J connectivity index is 1.76. The molecule has 0 saturated heterocycles. The van der Waals surface area contributed by atoms with Gasteiger partial charge in [0.2, 0.25) is 0 Å². The Morgan fingerprint density at radius 3 is 2.74 bits per heavy atom. The van der Waals surface area contributed by atoms with Crippen LogP contribution in [0.5, 0.6) is 5.75 Å². The maximum absolute atomic E-state index is 12.9. The Bertz CT molecular complexity index is 771. The predicted octanol–water partition coefficient (Wildman–Crippen LogP) is 3.91. The van der Waals surface area contributed by atoms with E-state index >= 15 is 0 Å². The molecule has 0 atom stereocenters. The van der Waals surface area contributed by atoms with Crippen LogP contribution in [-0.2, 0) is 11.3 Å². The van der Waals surface area contributed by atoms with Gasteiger partial charge in [-0.1, -0.05) is 23.7 Å². The van der Waals surface area contributed by atoms with Gasteiger partial charge in [0.05, 0.1) is 5.57 Å². The summed E-state index contributed by atoms with van der Waals surface area (Å²) in [6.45, 7) is 0.625. The number of amides is 1. The van der Waals surface area contributed by atoms with Crippen LogP contribution in [0.2, 0.25) is 5.02 Å². The van der Waals surface area contributed by atoms with Gasteiger partial charge in [0.15, 0.2) is 0 Å². The third-order valence-electron chi connectivity index (χ3n) is 3.64. The Morgan fingerprint density at radius 1 is 1.26 bits per heavy atom. The number of carbonyl (C=O) groups is 1. The van der Waals surface area contributed by atoms with Crippen molar-refractivity contribution < 1.29 is 13.9 Å². The summed E-state index contributed by atoms with van der Waals surface area (Å²) in [5.41, 5.74) is 2.22. The van der Waals surface area contributed by atoms with E-state index in [0.717, 1.165) is 11.1 Å². The van der Waals surface area contributed by atoms with Crippen LogP contribution in [-0.4, -0.2) is 24.5 Å². The minimum atomic E-state index is -0.292. The Labute approximate surface area is 138 Å². The molecule has 5 heteroatoms. The normalized spacial score (nSPS) is 12.9. The molecule has 0 radical (unpaired) electrons. The Kier molecular flexibility index (Phi) is 4.35. The van der Waals surface area contributed by atoms with Gasteiger partial charge in [-0.3, -0.25) is 4.79 Å². The summed E-state index contributed by atoms with van der Waals surface area (Å²) < 4.78 is 18.5. The lowest BCUT2D eigenvalue weighted by molar-refractivity contribution is -0.126. The highest BCUT2D eigenvalue weighted by Gasteiger charge is 2.20. The quantitative estimate of drug-likeness (QED) is 0.853. The molecule has 2 aromatic rings.